The second-order valence-corrected chi connectivity index (χ2v) is 4.81. The number of ether oxygens (including phenoxy) is 1. The van der Waals surface area contributed by atoms with Gasteiger partial charge in [-0.3, -0.25) is 4.68 Å². The number of benzene rings is 1. The zero-order valence-electron chi connectivity index (χ0n) is 11.7. The fourth-order valence-corrected chi connectivity index (χ4v) is 2.39. The van der Waals surface area contributed by atoms with Crippen molar-refractivity contribution in [3.05, 3.63) is 46.5 Å². The molecule has 0 bridgehead atoms. The van der Waals surface area contributed by atoms with E-state index in [-0.39, 0.29) is 11.9 Å². The third-order valence-corrected chi connectivity index (χ3v) is 3.36. The van der Waals surface area contributed by atoms with Crippen LogP contribution < -0.4 is 10.1 Å². The van der Waals surface area contributed by atoms with Crippen molar-refractivity contribution in [1.82, 2.24) is 15.1 Å². The summed E-state index contributed by atoms with van der Waals surface area (Å²) in [6, 6.07) is 4.15. The molecule has 1 aromatic heterocycles. The normalized spacial score (nSPS) is 12.4. The first-order chi connectivity index (χ1) is 9.58. The summed E-state index contributed by atoms with van der Waals surface area (Å²) in [5, 5.41) is 7.90. The predicted octanol–water partition coefficient (Wildman–Crippen LogP) is 2.92. The molecule has 0 amide bonds. The van der Waals surface area contributed by atoms with Crippen LogP contribution in [0.4, 0.5) is 4.39 Å². The summed E-state index contributed by atoms with van der Waals surface area (Å²) < 4.78 is 21.1. The van der Waals surface area contributed by atoms with Gasteiger partial charge in [0.1, 0.15) is 11.5 Å². The number of aromatic nitrogens is 2. The zero-order valence-corrected chi connectivity index (χ0v) is 12.4. The minimum atomic E-state index is -0.374. The predicted molar refractivity (Wildman–Crippen MR) is 76.7 cm³/mol. The highest BCUT2D eigenvalue weighted by Gasteiger charge is 2.24. The zero-order chi connectivity index (χ0) is 14.7. The quantitative estimate of drug-likeness (QED) is 0.922. The number of methoxy groups -OCH3 is 1. The average Bonchev–Trinajstić information content (AvgIpc) is 2.80. The van der Waals surface area contributed by atoms with Crippen LogP contribution in [0.5, 0.6) is 5.75 Å². The van der Waals surface area contributed by atoms with E-state index in [0.29, 0.717) is 22.9 Å². The topological polar surface area (TPSA) is 39.1 Å². The van der Waals surface area contributed by atoms with Crippen LogP contribution in [-0.4, -0.2) is 23.4 Å². The van der Waals surface area contributed by atoms with Gasteiger partial charge in [-0.1, -0.05) is 18.5 Å². The Labute approximate surface area is 122 Å². The molecule has 20 heavy (non-hydrogen) atoms. The summed E-state index contributed by atoms with van der Waals surface area (Å²) in [7, 11) is 3.36. The molecule has 1 aromatic carbocycles. The summed E-state index contributed by atoms with van der Waals surface area (Å²) in [6.07, 6.45) is 1.61. The van der Waals surface area contributed by atoms with E-state index >= 15 is 0 Å². The van der Waals surface area contributed by atoms with Gasteiger partial charge in [0.15, 0.2) is 5.75 Å². The smallest absolute Gasteiger partial charge is 0.161 e. The molecule has 0 saturated carbocycles. The molecule has 0 aliphatic rings. The van der Waals surface area contributed by atoms with Gasteiger partial charge in [-0.05, 0) is 24.7 Å². The Kier molecular flexibility index (Phi) is 4.62. The van der Waals surface area contributed by atoms with Crippen molar-refractivity contribution in [2.75, 3.05) is 13.7 Å². The summed E-state index contributed by atoms with van der Waals surface area (Å²) in [5.74, 6) is 0.293. The lowest BCUT2D eigenvalue weighted by atomic mass is 10.0. The lowest BCUT2D eigenvalue weighted by Gasteiger charge is -2.20. The Morgan fingerprint density at radius 3 is 2.90 bits per heavy atom. The van der Waals surface area contributed by atoms with E-state index in [9.17, 15) is 4.39 Å². The first kappa shape index (κ1) is 14.8. The Hall–Kier alpha value is -1.59. The maximum Gasteiger partial charge on any atom is 0.161 e. The second kappa shape index (κ2) is 6.24. The summed E-state index contributed by atoms with van der Waals surface area (Å²) in [4.78, 5) is 0. The highest BCUT2D eigenvalue weighted by molar-refractivity contribution is 6.30. The maximum absolute atomic E-state index is 14.1. The van der Waals surface area contributed by atoms with E-state index in [1.54, 1.807) is 31.1 Å². The molecule has 1 atom stereocenters. The van der Waals surface area contributed by atoms with Gasteiger partial charge in [-0.15, -0.1) is 0 Å². The van der Waals surface area contributed by atoms with E-state index in [2.05, 4.69) is 10.4 Å². The van der Waals surface area contributed by atoms with Crippen LogP contribution in [0.15, 0.2) is 24.4 Å². The van der Waals surface area contributed by atoms with Gasteiger partial charge in [0, 0.05) is 17.6 Å². The lowest BCUT2D eigenvalue weighted by molar-refractivity contribution is 0.400. The van der Waals surface area contributed by atoms with Gasteiger partial charge in [0.05, 0.1) is 19.3 Å². The van der Waals surface area contributed by atoms with Crippen molar-refractivity contribution >= 4 is 11.6 Å². The molecule has 0 radical (unpaired) electrons. The molecule has 1 heterocycles. The van der Waals surface area contributed by atoms with Crippen molar-refractivity contribution in [3.8, 4) is 5.75 Å². The van der Waals surface area contributed by atoms with E-state index in [0.717, 1.165) is 5.69 Å². The number of nitrogens with zero attached hydrogens (tertiary/aromatic N) is 2. The van der Waals surface area contributed by atoms with Gasteiger partial charge >= 0.3 is 0 Å². The van der Waals surface area contributed by atoms with Crippen molar-refractivity contribution in [2.45, 2.75) is 13.0 Å². The van der Waals surface area contributed by atoms with Crippen LogP contribution in [0, 0.1) is 5.82 Å². The van der Waals surface area contributed by atoms with Gasteiger partial charge in [-0.25, -0.2) is 4.39 Å². The number of halogens is 2. The minimum absolute atomic E-state index is 0.316. The largest absolute Gasteiger partial charge is 0.493 e. The molecule has 0 fully saturated rings. The number of hydrogen-bond donors (Lipinski definition) is 1. The van der Waals surface area contributed by atoms with E-state index in [4.69, 9.17) is 16.3 Å². The summed E-state index contributed by atoms with van der Waals surface area (Å²) in [6.45, 7) is 2.63. The molecule has 1 N–H and O–H groups in total. The number of nitrogens with one attached hydrogen (secondary N) is 1. The molecule has 0 aliphatic carbocycles. The van der Waals surface area contributed by atoms with Crippen LogP contribution in [-0.2, 0) is 7.05 Å². The fourth-order valence-electron chi connectivity index (χ4n) is 2.21. The molecule has 0 spiro atoms. The van der Waals surface area contributed by atoms with Crippen LogP contribution >= 0.6 is 11.6 Å². The Morgan fingerprint density at radius 2 is 2.25 bits per heavy atom. The maximum atomic E-state index is 14.1. The third-order valence-electron chi connectivity index (χ3n) is 3.12. The van der Waals surface area contributed by atoms with Gasteiger partial charge in [-0.2, -0.15) is 5.10 Å². The van der Waals surface area contributed by atoms with Crippen LogP contribution in [0.1, 0.15) is 24.2 Å². The molecule has 0 aliphatic heterocycles. The van der Waals surface area contributed by atoms with Gasteiger partial charge in [0.2, 0.25) is 0 Å². The molecule has 4 nitrogen and oxygen atoms in total. The monoisotopic (exact) mass is 297 g/mol. The highest BCUT2D eigenvalue weighted by Crippen LogP contribution is 2.32. The van der Waals surface area contributed by atoms with Crippen molar-refractivity contribution in [3.63, 3.8) is 0 Å². The van der Waals surface area contributed by atoms with E-state index in [1.165, 1.54) is 12.1 Å². The fraction of sp³-hybridized carbons (Fsp3) is 0.357. The lowest BCUT2D eigenvalue weighted by Crippen LogP contribution is -2.25. The van der Waals surface area contributed by atoms with Crippen LogP contribution in [0.25, 0.3) is 0 Å². The van der Waals surface area contributed by atoms with E-state index < -0.39 is 0 Å². The average molecular weight is 298 g/mol. The molecule has 0 saturated heterocycles. The molecule has 1 unspecified atom stereocenters. The number of rotatable bonds is 5. The molecular weight excluding hydrogens is 281 g/mol. The Morgan fingerprint density at radius 1 is 1.50 bits per heavy atom. The standard InChI is InChI=1S/C14H17ClFN3O/c1-4-17-13(10-7-9(15)5-6-11(10)16)14-12(20-3)8-18-19(14)2/h5-8,13,17H,4H2,1-3H3. The van der Waals surface area contributed by atoms with Gasteiger partial charge < -0.3 is 10.1 Å². The Bertz CT molecular complexity index is 600. The van der Waals surface area contributed by atoms with E-state index in [1.807, 2.05) is 6.92 Å². The molecule has 2 rings (SSSR count). The molecule has 2 aromatic rings. The molecule has 108 valence electrons. The van der Waals surface area contributed by atoms with Crippen LogP contribution in [0.3, 0.4) is 0 Å². The molecular formula is C14H17ClFN3O. The Balaban J connectivity index is 2.56. The first-order valence-corrected chi connectivity index (χ1v) is 6.70. The van der Waals surface area contributed by atoms with Crippen molar-refractivity contribution in [2.24, 2.45) is 7.05 Å². The highest BCUT2D eigenvalue weighted by atomic mass is 35.5. The number of hydrogen-bond acceptors (Lipinski definition) is 3. The second-order valence-electron chi connectivity index (χ2n) is 4.38. The van der Waals surface area contributed by atoms with Crippen LogP contribution in [0.2, 0.25) is 5.02 Å². The third kappa shape index (κ3) is 2.78. The van der Waals surface area contributed by atoms with Crippen molar-refractivity contribution in [1.29, 1.82) is 0 Å². The van der Waals surface area contributed by atoms with Gasteiger partial charge in [0.25, 0.3) is 0 Å². The number of aryl methyl sites for hydroxylation is 1. The SMILES string of the molecule is CCNC(c1cc(Cl)ccc1F)c1c(OC)cnn1C. The minimum Gasteiger partial charge on any atom is -0.493 e. The van der Waals surface area contributed by atoms with Crippen molar-refractivity contribution < 1.29 is 9.13 Å². The summed E-state index contributed by atoms with van der Waals surface area (Å²) in [5.41, 5.74) is 1.23. The molecule has 6 heteroatoms. The summed E-state index contributed by atoms with van der Waals surface area (Å²) >= 11 is 5.99. The first-order valence-electron chi connectivity index (χ1n) is 6.32.